The Hall–Kier alpha value is 0.720. The predicted molar refractivity (Wildman–Crippen MR) is 66.4 cm³/mol. The zero-order chi connectivity index (χ0) is 9.61. The van der Waals surface area contributed by atoms with E-state index >= 15 is 0 Å². The SMILES string of the molecule is C=S(=O)(CCS)CCSC(C)C. The van der Waals surface area contributed by atoms with E-state index in [2.05, 4.69) is 32.3 Å². The Labute approximate surface area is 86.1 Å². The van der Waals surface area contributed by atoms with E-state index in [0.717, 1.165) is 11.5 Å². The van der Waals surface area contributed by atoms with Gasteiger partial charge in [-0.05, 0) is 20.6 Å². The molecule has 0 bridgehead atoms. The predicted octanol–water partition coefficient (Wildman–Crippen LogP) is 1.77. The van der Waals surface area contributed by atoms with Gasteiger partial charge in [0, 0.05) is 23.0 Å². The molecule has 0 saturated carbocycles. The first-order valence-corrected chi connectivity index (χ1v) is 7.77. The van der Waals surface area contributed by atoms with Crippen molar-refractivity contribution in [3.8, 4) is 0 Å². The molecule has 0 saturated heterocycles. The monoisotopic (exact) mass is 226 g/mol. The van der Waals surface area contributed by atoms with E-state index in [1.54, 1.807) is 0 Å². The van der Waals surface area contributed by atoms with E-state index in [1.807, 2.05) is 11.8 Å². The van der Waals surface area contributed by atoms with Crippen molar-refractivity contribution in [2.75, 3.05) is 23.0 Å². The lowest BCUT2D eigenvalue weighted by Crippen LogP contribution is -2.14. The van der Waals surface area contributed by atoms with Gasteiger partial charge >= 0.3 is 0 Å². The van der Waals surface area contributed by atoms with E-state index in [-0.39, 0.29) is 0 Å². The molecule has 4 heteroatoms. The minimum atomic E-state index is -1.82. The van der Waals surface area contributed by atoms with Gasteiger partial charge in [0.1, 0.15) is 0 Å². The van der Waals surface area contributed by atoms with Gasteiger partial charge in [0.15, 0.2) is 0 Å². The summed E-state index contributed by atoms with van der Waals surface area (Å²) < 4.78 is 11.6. The molecule has 0 aromatic heterocycles. The molecule has 0 aromatic rings. The van der Waals surface area contributed by atoms with E-state index < -0.39 is 9.52 Å². The second-order valence-corrected chi connectivity index (χ2v) is 7.90. The Morgan fingerprint density at radius 2 is 2.08 bits per heavy atom. The van der Waals surface area contributed by atoms with Gasteiger partial charge in [-0.25, -0.2) is 0 Å². The van der Waals surface area contributed by atoms with Crippen LogP contribution in [0.25, 0.3) is 0 Å². The van der Waals surface area contributed by atoms with E-state index in [9.17, 15) is 4.21 Å². The third kappa shape index (κ3) is 7.37. The zero-order valence-electron chi connectivity index (χ0n) is 7.78. The quantitative estimate of drug-likeness (QED) is 0.549. The molecule has 0 fully saturated rings. The maximum Gasteiger partial charge on any atom is 0.0250 e. The summed E-state index contributed by atoms with van der Waals surface area (Å²) in [4.78, 5) is 0. The number of rotatable bonds is 6. The van der Waals surface area contributed by atoms with Crippen LogP contribution in [0.15, 0.2) is 0 Å². The molecule has 74 valence electrons. The van der Waals surface area contributed by atoms with Crippen LogP contribution in [0.5, 0.6) is 0 Å². The van der Waals surface area contributed by atoms with Gasteiger partial charge < -0.3 is 0 Å². The first-order chi connectivity index (χ1) is 5.48. The average Bonchev–Trinajstić information content (AvgIpc) is 1.85. The highest BCUT2D eigenvalue weighted by Crippen LogP contribution is 2.09. The first kappa shape index (κ1) is 12.7. The molecule has 0 heterocycles. The maximum absolute atomic E-state index is 11.6. The van der Waals surface area contributed by atoms with Gasteiger partial charge in [0.05, 0.1) is 0 Å². The van der Waals surface area contributed by atoms with Crippen LogP contribution in [0.3, 0.4) is 0 Å². The van der Waals surface area contributed by atoms with Crippen LogP contribution in [-0.4, -0.2) is 38.3 Å². The third-order valence-corrected chi connectivity index (χ3v) is 5.16. The largest absolute Gasteiger partial charge is 0.268 e. The Balaban J connectivity index is 3.62. The minimum Gasteiger partial charge on any atom is -0.268 e. The lowest BCUT2D eigenvalue weighted by Gasteiger charge is -2.08. The van der Waals surface area contributed by atoms with Gasteiger partial charge in [-0.1, -0.05) is 13.8 Å². The molecular formula is C8H18OS3. The molecule has 0 aliphatic rings. The molecule has 0 radical (unpaired) electrons. The third-order valence-electron chi connectivity index (χ3n) is 1.37. The lowest BCUT2D eigenvalue weighted by atomic mass is 10.6. The van der Waals surface area contributed by atoms with Crippen molar-refractivity contribution in [3.63, 3.8) is 0 Å². The molecule has 0 amide bonds. The van der Waals surface area contributed by atoms with Crippen LogP contribution >= 0.6 is 24.4 Å². The maximum atomic E-state index is 11.6. The van der Waals surface area contributed by atoms with Crippen LogP contribution < -0.4 is 0 Å². The van der Waals surface area contributed by atoms with Crippen LogP contribution in [0, 0.1) is 0 Å². The molecule has 0 aliphatic heterocycles. The average molecular weight is 226 g/mol. The summed E-state index contributed by atoms with van der Waals surface area (Å²) in [5.41, 5.74) is 0. The van der Waals surface area contributed by atoms with E-state index in [1.165, 1.54) is 0 Å². The standard InChI is InChI=1S/C8H18OS3/c1-8(2)11-5-7-12(3,9)6-4-10/h8,10H,3-7H2,1-2H3. The highest BCUT2D eigenvalue weighted by atomic mass is 32.2. The summed E-state index contributed by atoms with van der Waals surface area (Å²) in [6.45, 7) is 4.29. The Kier molecular flexibility index (Phi) is 6.59. The summed E-state index contributed by atoms with van der Waals surface area (Å²) in [5.74, 6) is 6.73. The summed E-state index contributed by atoms with van der Waals surface area (Å²) in [7, 11) is -1.82. The fraction of sp³-hybridized carbons (Fsp3) is 0.875. The molecule has 1 nitrogen and oxygen atoms in total. The molecule has 0 aromatic carbocycles. The van der Waals surface area contributed by atoms with Crippen molar-refractivity contribution in [1.29, 1.82) is 0 Å². The smallest absolute Gasteiger partial charge is 0.0250 e. The molecule has 1 atom stereocenters. The van der Waals surface area contributed by atoms with Crippen molar-refractivity contribution in [1.82, 2.24) is 0 Å². The zero-order valence-corrected chi connectivity index (χ0v) is 10.3. The van der Waals surface area contributed by atoms with Crippen LogP contribution in [0.4, 0.5) is 0 Å². The summed E-state index contributed by atoms with van der Waals surface area (Å²) in [6, 6.07) is 0. The lowest BCUT2D eigenvalue weighted by molar-refractivity contribution is 0.683. The summed E-state index contributed by atoms with van der Waals surface area (Å²) in [5, 5.41) is 0.621. The Bertz CT molecular complexity index is 194. The second kappa shape index (κ2) is 6.22. The van der Waals surface area contributed by atoms with Gasteiger partial charge in [-0.15, -0.1) is 0 Å². The van der Waals surface area contributed by atoms with Gasteiger partial charge in [0.25, 0.3) is 0 Å². The number of thioether (sulfide) groups is 1. The van der Waals surface area contributed by atoms with Crippen molar-refractivity contribution in [2.24, 2.45) is 0 Å². The number of thiol groups is 1. The fourth-order valence-electron chi connectivity index (χ4n) is 0.704. The molecule has 1 unspecified atom stereocenters. The molecular weight excluding hydrogens is 208 g/mol. The normalized spacial score (nSPS) is 16.3. The molecule has 0 N–H and O–H groups in total. The fourth-order valence-corrected chi connectivity index (χ4v) is 4.31. The number of hydrogen-bond donors (Lipinski definition) is 1. The van der Waals surface area contributed by atoms with Crippen molar-refractivity contribution >= 4 is 39.8 Å². The minimum absolute atomic E-state index is 0.621. The van der Waals surface area contributed by atoms with E-state index in [4.69, 9.17) is 0 Å². The van der Waals surface area contributed by atoms with Crippen molar-refractivity contribution in [3.05, 3.63) is 0 Å². The molecule has 0 aliphatic carbocycles. The van der Waals surface area contributed by atoms with Gasteiger partial charge in [-0.2, -0.15) is 24.4 Å². The Morgan fingerprint density at radius 1 is 1.50 bits per heavy atom. The van der Waals surface area contributed by atoms with Crippen molar-refractivity contribution < 1.29 is 4.21 Å². The van der Waals surface area contributed by atoms with Crippen molar-refractivity contribution in [2.45, 2.75) is 19.1 Å². The number of hydrogen-bond acceptors (Lipinski definition) is 3. The molecule has 12 heavy (non-hydrogen) atoms. The van der Waals surface area contributed by atoms with Crippen LogP contribution in [0.1, 0.15) is 13.8 Å². The van der Waals surface area contributed by atoms with Crippen LogP contribution in [-0.2, 0) is 9.52 Å². The van der Waals surface area contributed by atoms with Gasteiger partial charge in [0.2, 0.25) is 0 Å². The summed E-state index contributed by atoms with van der Waals surface area (Å²) >= 11 is 5.89. The molecule has 0 spiro atoms. The summed E-state index contributed by atoms with van der Waals surface area (Å²) in [6.07, 6.45) is 0. The second-order valence-electron chi connectivity index (χ2n) is 3.02. The topological polar surface area (TPSA) is 17.1 Å². The highest BCUT2D eigenvalue weighted by Gasteiger charge is 2.03. The Morgan fingerprint density at radius 3 is 2.50 bits per heavy atom. The van der Waals surface area contributed by atoms with Crippen LogP contribution in [0.2, 0.25) is 0 Å². The van der Waals surface area contributed by atoms with Gasteiger partial charge in [-0.3, -0.25) is 4.21 Å². The first-order valence-electron chi connectivity index (χ1n) is 4.03. The van der Waals surface area contributed by atoms with E-state index in [0.29, 0.717) is 16.8 Å². The highest BCUT2D eigenvalue weighted by molar-refractivity contribution is 8.03. The molecule has 0 rings (SSSR count).